The van der Waals surface area contributed by atoms with Gasteiger partial charge in [0.15, 0.2) is 0 Å². The first kappa shape index (κ1) is 28.8. The molecule has 5 heteroatoms. The highest BCUT2D eigenvalue weighted by atomic mass is 32.1. The van der Waals surface area contributed by atoms with Gasteiger partial charge in [-0.05, 0) is 65.4 Å². The van der Waals surface area contributed by atoms with Crippen molar-refractivity contribution in [3.63, 3.8) is 0 Å². The van der Waals surface area contributed by atoms with Crippen LogP contribution in [0.4, 0.5) is 0 Å². The smallest absolute Gasteiger partial charge is 0.235 e. The van der Waals surface area contributed by atoms with Gasteiger partial charge < -0.3 is 4.57 Å². The lowest BCUT2D eigenvalue weighted by Gasteiger charge is -2.13. The van der Waals surface area contributed by atoms with E-state index in [0.29, 0.717) is 5.95 Å². The van der Waals surface area contributed by atoms with Crippen LogP contribution >= 0.6 is 11.3 Å². The fourth-order valence-corrected chi connectivity index (χ4v) is 9.94. The molecular weight excluding hydrogens is 665 g/mol. The van der Waals surface area contributed by atoms with E-state index in [0.717, 1.165) is 38.9 Å². The SMILES string of the molecule is c1ccc(-n2c3ccccc3c3c4c5ccccc5n(-c5nc(-c6cc7ccccc7c7c6sc6ccccc67)c6ccccc6n5)c4ccc32)cc1. The monoisotopic (exact) mass is 692 g/mol. The number of hydrogen-bond acceptors (Lipinski definition) is 3. The van der Waals surface area contributed by atoms with Crippen LogP contribution in [0, 0.1) is 0 Å². The highest BCUT2D eigenvalue weighted by Gasteiger charge is 2.23. The van der Waals surface area contributed by atoms with Gasteiger partial charge in [-0.3, -0.25) is 4.57 Å². The number of thiophene rings is 1. The Hall–Kier alpha value is -6.82. The van der Waals surface area contributed by atoms with Gasteiger partial charge in [-0.25, -0.2) is 9.97 Å². The Bertz CT molecular complexity index is 3460. The van der Waals surface area contributed by atoms with Crippen molar-refractivity contribution in [1.82, 2.24) is 19.1 Å². The average molecular weight is 693 g/mol. The first-order valence-electron chi connectivity index (χ1n) is 17.9. The zero-order valence-electron chi connectivity index (χ0n) is 28.4. The van der Waals surface area contributed by atoms with E-state index in [4.69, 9.17) is 9.97 Å². The molecule has 0 saturated heterocycles. The summed E-state index contributed by atoms with van der Waals surface area (Å²) in [6, 6.07) is 60.9. The molecule has 0 spiro atoms. The van der Waals surface area contributed by atoms with E-state index in [-0.39, 0.29) is 0 Å². The molecule has 0 amide bonds. The van der Waals surface area contributed by atoms with Gasteiger partial charge >= 0.3 is 0 Å². The van der Waals surface area contributed by atoms with Crippen LogP contribution in [-0.4, -0.2) is 19.1 Å². The predicted molar refractivity (Wildman–Crippen MR) is 224 cm³/mol. The van der Waals surface area contributed by atoms with Crippen LogP contribution in [0.15, 0.2) is 170 Å². The zero-order valence-corrected chi connectivity index (χ0v) is 29.2. The molecule has 8 aromatic carbocycles. The van der Waals surface area contributed by atoms with E-state index in [1.807, 2.05) is 11.3 Å². The van der Waals surface area contributed by atoms with Gasteiger partial charge in [-0.2, -0.15) is 0 Å². The first-order valence-corrected chi connectivity index (χ1v) is 18.7. The second-order valence-electron chi connectivity index (χ2n) is 13.7. The first-order chi connectivity index (χ1) is 26.3. The maximum absolute atomic E-state index is 5.59. The Morgan fingerprint density at radius 2 is 1.00 bits per heavy atom. The van der Waals surface area contributed by atoms with Crippen LogP contribution in [0.2, 0.25) is 0 Å². The number of rotatable bonds is 3. The fourth-order valence-electron chi connectivity index (χ4n) is 8.71. The van der Waals surface area contributed by atoms with Crippen LogP contribution in [-0.2, 0) is 0 Å². The third-order valence-electron chi connectivity index (χ3n) is 10.9. The van der Waals surface area contributed by atoms with Crippen molar-refractivity contribution in [2.45, 2.75) is 0 Å². The number of hydrogen-bond donors (Lipinski definition) is 0. The third kappa shape index (κ3) is 4.00. The lowest BCUT2D eigenvalue weighted by atomic mass is 9.97. The summed E-state index contributed by atoms with van der Waals surface area (Å²) in [5, 5.41) is 10.9. The molecule has 0 fully saturated rings. The van der Waals surface area contributed by atoms with Gasteiger partial charge in [0.1, 0.15) is 0 Å². The molecule has 0 unspecified atom stereocenters. The highest BCUT2D eigenvalue weighted by Crippen LogP contribution is 2.46. The van der Waals surface area contributed by atoms with Crippen molar-refractivity contribution >= 4 is 96.8 Å². The van der Waals surface area contributed by atoms with Gasteiger partial charge in [0.05, 0.1) is 33.3 Å². The molecular formula is C48H28N4S. The molecule has 0 atom stereocenters. The van der Waals surface area contributed by atoms with Crippen molar-refractivity contribution in [3.05, 3.63) is 170 Å². The highest BCUT2D eigenvalue weighted by molar-refractivity contribution is 7.26. The standard InChI is InChI=1S/C48H28N4S/c1-2-15-30(16-3-1)51-38-23-11-7-19-33(38)44-40(51)26-27-41-45(44)34-20-8-12-24-39(34)52(41)48-49-37-22-10-6-18-32(37)46(50-48)36-28-29-14-4-5-17-31(29)43-35-21-9-13-25-42(35)53-47(36)43/h1-28H. The van der Waals surface area contributed by atoms with E-state index in [1.165, 1.54) is 63.5 Å². The summed E-state index contributed by atoms with van der Waals surface area (Å²) in [5.74, 6) is 0.665. The summed E-state index contributed by atoms with van der Waals surface area (Å²) in [4.78, 5) is 10.9. The Kier molecular flexibility index (Phi) is 5.90. The van der Waals surface area contributed by atoms with Crippen LogP contribution in [0.1, 0.15) is 0 Å². The molecule has 4 heterocycles. The summed E-state index contributed by atoms with van der Waals surface area (Å²) in [7, 11) is 0. The molecule has 53 heavy (non-hydrogen) atoms. The van der Waals surface area contributed by atoms with Crippen molar-refractivity contribution < 1.29 is 0 Å². The predicted octanol–water partition coefficient (Wildman–Crippen LogP) is 13.0. The molecule has 246 valence electrons. The molecule has 0 saturated carbocycles. The summed E-state index contributed by atoms with van der Waals surface area (Å²) in [6.07, 6.45) is 0. The summed E-state index contributed by atoms with van der Waals surface area (Å²) < 4.78 is 7.19. The Labute approximate surface area is 307 Å². The Morgan fingerprint density at radius 1 is 0.415 bits per heavy atom. The largest absolute Gasteiger partial charge is 0.309 e. The Balaban J connectivity index is 1.21. The molecule has 12 aromatic rings. The topological polar surface area (TPSA) is 35.6 Å². The molecule has 0 aliphatic rings. The third-order valence-corrected chi connectivity index (χ3v) is 12.1. The quantitative estimate of drug-likeness (QED) is 0.185. The minimum absolute atomic E-state index is 0.665. The minimum atomic E-state index is 0.665. The summed E-state index contributed by atoms with van der Waals surface area (Å²) in [5.41, 5.74) is 8.67. The molecule has 0 radical (unpaired) electrons. The molecule has 0 bridgehead atoms. The van der Waals surface area contributed by atoms with E-state index in [2.05, 4.69) is 179 Å². The van der Waals surface area contributed by atoms with Crippen LogP contribution in [0.3, 0.4) is 0 Å². The number of benzene rings is 8. The summed E-state index contributed by atoms with van der Waals surface area (Å²) in [6.45, 7) is 0. The van der Waals surface area contributed by atoms with Crippen LogP contribution < -0.4 is 0 Å². The minimum Gasteiger partial charge on any atom is -0.309 e. The van der Waals surface area contributed by atoms with E-state index in [1.54, 1.807) is 0 Å². The molecule has 0 aliphatic heterocycles. The normalized spacial score (nSPS) is 12.2. The van der Waals surface area contributed by atoms with Gasteiger partial charge in [0.25, 0.3) is 0 Å². The van der Waals surface area contributed by atoms with E-state index >= 15 is 0 Å². The molecule has 0 N–H and O–H groups in total. The second-order valence-corrected chi connectivity index (χ2v) is 14.8. The maximum atomic E-state index is 5.59. The van der Waals surface area contributed by atoms with Crippen LogP contribution in [0.25, 0.3) is 108 Å². The van der Waals surface area contributed by atoms with E-state index < -0.39 is 0 Å². The number of para-hydroxylation sites is 4. The average Bonchev–Trinajstić information content (AvgIpc) is 3.89. The van der Waals surface area contributed by atoms with Crippen LogP contribution in [0.5, 0.6) is 0 Å². The molecule has 0 aliphatic carbocycles. The van der Waals surface area contributed by atoms with Gasteiger partial charge in [0, 0.05) is 58.4 Å². The number of nitrogens with zero attached hydrogens (tertiary/aromatic N) is 4. The fraction of sp³-hybridized carbons (Fsp3) is 0. The van der Waals surface area contributed by atoms with Crippen molar-refractivity contribution in [2.75, 3.05) is 0 Å². The lowest BCUT2D eigenvalue weighted by Crippen LogP contribution is -2.03. The van der Waals surface area contributed by atoms with Crippen molar-refractivity contribution in [2.24, 2.45) is 0 Å². The lowest BCUT2D eigenvalue weighted by molar-refractivity contribution is 1.01. The van der Waals surface area contributed by atoms with Gasteiger partial charge in [0.2, 0.25) is 5.95 Å². The number of aromatic nitrogens is 4. The Morgan fingerprint density at radius 3 is 1.77 bits per heavy atom. The van der Waals surface area contributed by atoms with E-state index in [9.17, 15) is 0 Å². The molecule has 12 rings (SSSR count). The van der Waals surface area contributed by atoms with Gasteiger partial charge in [-0.15, -0.1) is 11.3 Å². The summed E-state index contributed by atoms with van der Waals surface area (Å²) >= 11 is 1.85. The molecule has 4 aromatic heterocycles. The van der Waals surface area contributed by atoms with Crippen molar-refractivity contribution in [1.29, 1.82) is 0 Å². The zero-order chi connectivity index (χ0) is 34.6. The second kappa shape index (κ2) is 10.8. The number of fused-ring (bicyclic) bond motifs is 13. The molecule has 4 nitrogen and oxygen atoms in total. The van der Waals surface area contributed by atoms with Gasteiger partial charge in [-0.1, -0.05) is 115 Å². The van der Waals surface area contributed by atoms with Crippen molar-refractivity contribution in [3.8, 4) is 22.9 Å². The maximum Gasteiger partial charge on any atom is 0.235 e.